The summed E-state index contributed by atoms with van der Waals surface area (Å²) in [7, 11) is 3.52. The van der Waals surface area contributed by atoms with Crippen LogP contribution in [0.25, 0.3) is 0 Å². The number of anilines is 1. The molecule has 0 radical (unpaired) electrons. The van der Waals surface area contributed by atoms with E-state index >= 15 is 0 Å². The molecule has 0 aliphatic heterocycles. The molecule has 1 aliphatic carbocycles. The van der Waals surface area contributed by atoms with E-state index in [0.29, 0.717) is 11.6 Å². The molecule has 1 aromatic carbocycles. The molecule has 1 aromatic heterocycles. The topological polar surface area (TPSA) is 32.3 Å². The van der Waals surface area contributed by atoms with Crippen molar-refractivity contribution in [2.75, 3.05) is 19.4 Å². The minimum atomic E-state index is 0.0225. The summed E-state index contributed by atoms with van der Waals surface area (Å²) < 4.78 is 0.860. The van der Waals surface area contributed by atoms with E-state index in [4.69, 9.17) is 11.6 Å². The lowest BCUT2D eigenvalue weighted by Crippen LogP contribution is -2.21. The molecule has 0 saturated carbocycles. The van der Waals surface area contributed by atoms with Gasteiger partial charge in [-0.15, -0.1) is 11.3 Å². The molecule has 21 heavy (non-hydrogen) atoms. The minimum Gasteiger partial charge on any atom is -0.378 e. The van der Waals surface area contributed by atoms with Gasteiger partial charge in [0.25, 0.3) is 5.91 Å². The molecular formula is C16H17ClN2OS. The molecule has 0 fully saturated rings. The number of nitrogens with one attached hydrogen (secondary N) is 1. The maximum atomic E-state index is 11.9. The Morgan fingerprint density at radius 3 is 2.71 bits per heavy atom. The number of halogens is 1. The maximum absolute atomic E-state index is 11.9. The van der Waals surface area contributed by atoms with Gasteiger partial charge in [0, 0.05) is 30.2 Å². The summed E-state index contributed by atoms with van der Waals surface area (Å²) in [5.74, 6) is 0.0225. The van der Waals surface area contributed by atoms with Crippen molar-refractivity contribution in [3.8, 4) is 0 Å². The standard InChI is InChI=1S/C16H17ClN2OS/c1-19(2)16(20)10-3-5-11(6-4-10)18-13-7-8-14-12(13)9-15(17)21-14/h3-6,9,13,18H,7-8H2,1-2H3. The van der Waals surface area contributed by atoms with Gasteiger partial charge in [0.2, 0.25) is 0 Å². The van der Waals surface area contributed by atoms with Gasteiger partial charge in [0.15, 0.2) is 0 Å². The van der Waals surface area contributed by atoms with Crippen LogP contribution in [0.4, 0.5) is 5.69 Å². The maximum Gasteiger partial charge on any atom is 0.253 e. The highest BCUT2D eigenvalue weighted by Gasteiger charge is 2.24. The third-order valence-electron chi connectivity index (χ3n) is 3.73. The van der Waals surface area contributed by atoms with Gasteiger partial charge < -0.3 is 10.2 Å². The summed E-state index contributed by atoms with van der Waals surface area (Å²) in [6.07, 6.45) is 2.18. The highest BCUT2D eigenvalue weighted by molar-refractivity contribution is 7.16. The molecule has 0 saturated heterocycles. The number of fused-ring (bicyclic) bond motifs is 1. The highest BCUT2D eigenvalue weighted by atomic mass is 35.5. The van der Waals surface area contributed by atoms with E-state index < -0.39 is 0 Å². The second kappa shape index (κ2) is 5.70. The monoisotopic (exact) mass is 320 g/mol. The Morgan fingerprint density at radius 1 is 1.33 bits per heavy atom. The predicted octanol–water partition coefficient (Wildman–Crippen LogP) is 4.20. The Bertz CT molecular complexity index is 663. The van der Waals surface area contributed by atoms with Crippen molar-refractivity contribution >= 4 is 34.5 Å². The molecule has 1 atom stereocenters. The van der Waals surface area contributed by atoms with E-state index in [1.165, 1.54) is 10.4 Å². The number of hydrogen-bond acceptors (Lipinski definition) is 3. The highest BCUT2D eigenvalue weighted by Crippen LogP contribution is 2.40. The summed E-state index contributed by atoms with van der Waals surface area (Å²) in [5, 5.41) is 3.53. The second-order valence-electron chi connectivity index (χ2n) is 5.44. The van der Waals surface area contributed by atoms with E-state index in [9.17, 15) is 4.79 Å². The van der Waals surface area contributed by atoms with Gasteiger partial charge in [0.05, 0.1) is 10.4 Å². The van der Waals surface area contributed by atoms with Gasteiger partial charge in [-0.25, -0.2) is 0 Å². The van der Waals surface area contributed by atoms with E-state index in [-0.39, 0.29) is 5.91 Å². The van der Waals surface area contributed by atoms with Crippen LogP contribution in [0.1, 0.15) is 33.3 Å². The van der Waals surface area contributed by atoms with Crippen LogP contribution in [0.2, 0.25) is 4.34 Å². The average molecular weight is 321 g/mol. The second-order valence-corrected chi connectivity index (χ2v) is 7.21. The summed E-state index contributed by atoms with van der Waals surface area (Å²) in [4.78, 5) is 14.8. The van der Waals surface area contributed by atoms with Crippen LogP contribution in [0, 0.1) is 0 Å². The lowest BCUT2D eigenvalue weighted by molar-refractivity contribution is 0.0827. The first-order valence-electron chi connectivity index (χ1n) is 6.91. The van der Waals surface area contributed by atoms with Crippen molar-refractivity contribution < 1.29 is 4.79 Å². The number of hydrogen-bond donors (Lipinski definition) is 1. The Morgan fingerprint density at radius 2 is 2.05 bits per heavy atom. The number of amides is 1. The first kappa shape index (κ1) is 14.4. The summed E-state index contributed by atoms with van der Waals surface area (Å²) in [6.45, 7) is 0. The SMILES string of the molecule is CN(C)C(=O)c1ccc(NC2CCc3sc(Cl)cc32)cc1. The van der Waals surface area contributed by atoms with Crippen molar-refractivity contribution in [1.82, 2.24) is 4.90 Å². The number of aryl methyl sites for hydroxylation is 1. The van der Waals surface area contributed by atoms with Crippen molar-refractivity contribution in [3.63, 3.8) is 0 Å². The fourth-order valence-electron chi connectivity index (χ4n) is 2.65. The molecular weight excluding hydrogens is 304 g/mol. The molecule has 5 heteroatoms. The molecule has 1 amide bonds. The van der Waals surface area contributed by atoms with Gasteiger partial charge in [0.1, 0.15) is 0 Å². The van der Waals surface area contributed by atoms with Crippen molar-refractivity contribution in [2.45, 2.75) is 18.9 Å². The molecule has 1 heterocycles. The fraction of sp³-hybridized carbons (Fsp3) is 0.312. The number of carbonyl (C=O) groups excluding carboxylic acids is 1. The van der Waals surface area contributed by atoms with Crippen LogP contribution < -0.4 is 5.32 Å². The quantitative estimate of drug-likeness (QED) is 0.919. The fourth-order valence-corrected chi connectivity index (χ4v) is 4.01. The molecule has 2 aromatic rings. The Balaban J connectivity index is 1.73. The minimum absolute atomic E-state index is 0.0225. The number of rotatable bonds is 3. The van der Waals surface area contributed by atoms with Crippen molar-refractivity contribution in [2.24, 2.45) is 0 Å². The van der Waals surface area contributed by atoms with Gasteiger partial charge in [-0.1, -0.05) is 11.6 Å². The molecule has 0 bridgehead atoms. The third kappa shape index (κ3) is 2.92. The van der Waals surface area contributed by atoms with Crippen molar-refractivity contribution in [1.29, 1.82) is 0 Å². The lowest BCUT2D eigenvalue weighted by atomic mass is 10.1. The Hall–Kier alpha value is -1.52. The van der Waals surface area contributed by atoms with Gasteiger partial charge in [-0.3, -0.25) is 4.79 Å². The first-order valence-corrected chi connectivity index (χ1v) is 8.10. The molecule has 3 nitrogen and oxygen atoms in total. The van der Waals surface area contributed by atoms with Crippen molar-refractivity contribution in [3.05, 3.63) is 50.7 Å². The molecule has 1 N–H and O–H groups in total. The smallest absolute Gasteiger partial charge is 0.253 e. The van der Waals surface area contributed by atoms with Crippen LogP contribution >= 0.6 is 22.9 Å². The summed E-state index contributed by atoms with van der Waals surface area (Å²) in [5.41, 5.74) is 3.06. The number of nitrogens with zero attached hydrogens (tertiary/aromatic N) is 1. The molecule has 1 aliphatic rings. The number of benzene rings is 1. The zero-order valence-corrected chi connectivity index (χ0v) is 13.6. The molecule has 3 rings (SSSR count). The van der Waals surface area contributed by atoms with Crippen LogP contribution in [-0.4, -0.2) is 24.9 Å². The zero-order chi connectivity index (χ0) is 15.0. The molecule has 1 unspecified atom stereocenters. The number of carbonyl (C=O) groups is 1. The number of thiophene rings is 1. The van der Waals surface area contributed by atoms with Gasteiger partial charge >= 0.3 is 0 Å². The lowest BCUT2D eigenvalue weighted by Gasteiger charge is -2.15. The van der Waals surface area contributed by atoms with Gasteiger partial charge in [-0.05, 0) is 48.7 Å². The normalized spacial score (nSPS) is 16.6. The van der Waals surface area contributed by atoms with Gasteiger partial charge in [-0.2, -0.15) is 0 Å². The van der Waals surface area contributed by atoms with E-state index in [2.05, 4.69) is 11.4 Å². The van der Waals surface area contributed by atoms with Crippen LogP contribution in [-0.2, 0) is 6.42 Å². The van der Waals surface area contributed by atoms with Crippen LogP contribution in [0.5, 0.6) is 0 Å². The summed E-state index contributed by atoms with van der Waals surface area (Å²) >= 11 is 7.76. The van der Waals surface area contributed by atoms with E-state index in [1.54, 1.807) is 30.3 Å². The van der Waals surface area contributed by atoms with Crippen LogP contribution in [0.15, 0.2) is 30.3 Å². The van der Waals surface area contributed by atoms with E-state index in [0.717, 1.165) is 22.9 Å². The van der Waals surface area contributed by atoms with Crippen LogP contribution in [0.3, 0.4) is 0 Å². The predicted molar refractivity (Wildman–Crippen MR) is 88.5 cm³/mol. The zero-order valence-electron chi connectivity index (χ0n) is 12.0. The summed E-state index contributed by atoms with van der Waals surface area (Å²) in [6, 6.07) is 10.0. The largest absolute Gasteiger partial charge is 0.378 e. The Kier molecular flexibility index (Phi) is 3.91. The third-order valence-corrected chi connectivity index (χ3v) is 5.07. The van der Waals surface area contributed by atoms with E-state index in [1.807, 2.05) is 24.3 Å². The Labute approximate surface area is 133 Å². The molecule has 110 valence electrons. The average Bonchev–Trinajstić information content (AvgIpc) is 2.99. The first-order chi connectivity index (χ1) is 10.0. The molecule has 0 spiro atoms.